The van der Waals surface area contributed by atoms with Crippen LogP contribution in [0.1, 0.15) is 6.92 Å². The summed E-state index contributed by atoms with van der Waals surface area (Å²) in [5, 5.41) is 7.24. The SMILES string of the molecule is CCOc1nc(-c2ccc(NS(=O)(=O)c3cc(Cl)ccc3F)cc2)nc2[nH]nc(N)c12. The Bertz CT molecular complexity index is 1380. The molecule has 0 aliphatic heterocycles. The summed E-state index contributed by atoms with van der Waals surface area (Å²) in [5.74, 6) is -0.0645. The number of ether oxygens (including phenoxy) is 1. The number of nitrogen functional groups attached to an aromatic ring is 1. The number of hydrogen-bond acceptors (Lipinski definition) is 7. The molecule has 0 aliphatic rings. The predicted octanol–water partition coefficient (Wildman–Crippen LogP) is 3.59. The zero-order chi connectivity index (χ0) is 22.2. The predicted molar refractivity (Wildman–Crippen MR) is 115 cm³/mol. The van der Waals surface area contributed by atoms with Gasteiger partial charge in [0, 0.05) is 16.3 Å². The monoisotopic (exact) mass is 462 g/mol. The molecule has 0 spiro atoms. The van der Waals surface area contributed by atoms with Gasteiger partial charge in [0.15, 0.2) is 17.3 Å². The molecule has 0 saturated carbocycles. The van der Waals surface area contributed by atoms with Gasteiger partial charge in [-0.15, -0.1) is 0 Å². The number of halogens is 2. The van der Waals surface area contributed by atoms with E-state index in [2.05, 4.69) is 24.9 Å². The Kier molecular flexibility index (Phi) is 5.38. The molecular formula is C19H16ClFN6O3S. The van der Waals surface area contributed by atoms with E-state index < -0.39 is 20.7 Å². The minimum atomic E-state index is -4.17. The summed E-state index contributed by atoms with van der Waals surface area (Å²) in [4.78, 5) is 8.24. The summed E-state index contributed by atoms with van der Waals surface area (Å²) in [7, 11) is -4.17. The number of nitrogens with two attached hydrogens (primary N) is 1. The number of anilines is 2. The van der Waals surface area contributed by atoms with Gasteiger partial charge in [-0.25, -0.2) is 17.8 Å². The molecular weight excluding hydrogens is 447 g/mol. The van der Waals surface area contributed by atoms with E-state index in [1.165, 1.54) is 18.2 Å². The topological polar surface area (TPSA) is 136 Å². The second kappa shape index (κ2) is 8.00. The lowest BCUT2D eigenvalue weighted by molar-refractivity contribution is 0.331. The van der Waals surface area contributed by atoms with E-state index in [9.17, 15) is 12.8 Å². The minimum Gasteiger partial charge on any atom is -0.477 e. The van der Waals surface area contributed by atoms with Crippen molar-refractivity contribution in [3.05, 3.63) is 53.3 Å². The fourth-order valence-electron chi connectivity index (χ4n) is 2.87. The van der Waals surface area contributed by atoms with E-state index in [1.54, 1.807) is 12.1 Å². The van der Waals surface area contributed by atoms with Gasteiger partial charge >= 0.3 is 0 Å². The average Bonchev–Trinajstić information content (AvgIpc) is 3.11. The van der Waals surface area contributed by atoms with Crippen LogP contribution in [0.4, 0.5) is 15.9 Å². The smallest absolute Gasteiger partial charge is 0.264 e. The molecule has 2 heterocycles. The van der Waals surface area contributed by atoms with Crippen LogP contribution in [0, 0.1) is 5.82 Å². The number of fused-ring (bicyclic) bond motifs is 1. The first kappa shape index (κ1) is 20.8. The Morgan fingerprint density at radius 3 is 2.65 bits per heavy atom. The molecule has 4 aromatic rings. The van der Waals surface area contributed by atoms with Crippen molar-refractivity contribution in [2.24, 2.45) is 0 Å². The molecule has 0 atom stereocenters. The van der Waals surface area contributed by atoms with Gasteiger partial charge in [-0.05, 0) is 49.4 Å². The van der Waals surface area contributed by atoms with Gasteiger partial charge in [-0.1, -0.05) is 11.6 Å². The third-order valence-electron chi connectivity index (χ3n) is 4.27. The average molecular weight is 463 g/mol. The number of benzene rings is 2. The molecule has 4 N–H and O–H groups in total. The van der Waals surface area contributed by atoms with Gasteiger partial charge < -0.3 is 10.5 Å². The van der Waals surface area contributed by atoms with Crippen LogP contribution in [0.15, 0.2) is 47.4 Å². The summed E-state index contributed by atoms with van der Waals surface area (Å²) < 4.78 is 46.9. The molecule has 2 aromatic heterocycles. The summed E-state index contributed by atoms with van der Waals surface area (Å²) in [6.45, 7) is 2.19. The van der Waals surface area contributed by atoms with Crippen molar-refractivity contribution in [1.82, 2.24) is 20.2 Å². The van der Waals surface area contributed by atoms with Crippen LogP contribution in [-0.4, -0.2) is 35.2 Å². The van der Waals surface area contributed by atoms with Crippen LogP contribution in [0.3, 0.4) is 0 Å². The highest BCUT2D eigenvalue weighted by atomic mass is 35.5. The van der Waals surface area contributed by atoms with E-state index in [1.807, 2.05) is 6.92 Å². The molecule has 9 nitrogen and oxygen atoms in total. The third kappa shape index (κ3) is 4.09. The Morgan fingerprint density at radius 1 is 1.19 bits per heavy atom. The highest BCUT2D eigenvalue weighted by Gasteiger charge is 2.20. The zero-order valence-electron chi connectivity index (χ0n) is 16.1. The summed E-state index contributed by atoms with van der Waals surface area (Å²) in [6, 6.07) is 9.54. The van der Waals surface area contributed by atoms with E-state index in [4.69, 9.17) is 22.1 Å². The van der Waals surface area contributed by atoms with Crippen molar-refractivity contribution in [1.29, 1.82) is 0 Å². The number of hydrogen-bond donors (Lipinski definition) is 3. The molecule has 4 rings (SSSR count). The quantitative estimate of drug-likeness (QED) is 0.398. The van der Waals surface area contributed by atoms with Crippen LogP contribution in [0.2, 0.25) is 5.02 Å². The Labute approximate surface area is 181 Å². The van der Waals surface area contributed by atoms with Gasteiger partial charge in [-0.2, -0.15) is 10.1 Å². The lowest BCUT2D eigenvalue weighted by atomic mass is 10.2. The molecule has 160 valence electrons. The number of nitrogens with zero attached hydrogens (tertiary/aromatic N) is 3. The first-order chi connectivity index (χ1) is 14.8. The molecule has 2 aromatic carbocycles. The van der Waals surface area contributed by atoms with Gasteiger partial charge in [0.05, 0.1) is 6.61 Å². The first-order valence-electron chi connectivity index (χ1n) is 9.01. The third-order valence-corrected chi connectivity index (χ3v) is 5.90. The van der Waals surface area contributed by atoms with Gasteiger partial charge in [-0.3, -0.25) is 9.82 Å². The molecule has 31 heavy (non-hydrogen) atoms. The number of rotatable bonds is 6. The van der Waals surface area contributed by atoms with Crippen molar-refractivity contribution >= 4 is 44.2 Å². The summed E-state index contributed by atoms with van der Waals surface area (Å²) in [6.07, 6.45) is 0. The highest BCUT2D eigenvalue weighted by Crippen LogP contribution is 2.30. The van der Waals surface area contributed by atoms with Crippen LogP contribution in [0.25, 0.3) is 22.4 Å². The fourth-order valence-corrected chi connectivity index (χ4v) is 4.27. The van der Waals surface area contributed by atoms with Gasteiger partial charge in [0.2, 0.25) is 5.88 Å². The maximum atomic E-state index is 14.0. The molecule has 12 heteroatoms. The van der Waals surface area contributed by atoms with E-state index in [0.717, 1.165) is 12.1 Å². The lowest BCUT2D eigenvalue weighted by Crippen LogP contribution is -2.14. The molecule has 0 saturated heterocycles. The Balaban J connectivity index is 1.65. The summed E-state index contributed by atoms with van der Waals surface area (Å²) >= 11 is 5.79. The number of sulfonamides is 1. The second-order valence-electron chi connectivity index (χ2n) is 6.38. The van der Waals surface area contributed by atoms with E-state index in [-0.39, 0.29) is 22.4 Å². The fraction of sp³-hybridized carbons (Fsp3) is 0.105. The lowest BCUT2D eigenvalue weighted by Gasteiger charge is -2.10. The minimum absolute atomic E-state index is 0.106. The van der Waals surface area contributed by atoms with Gasteiger partial charge in [0.25, 0.3) is 10.0 Å². The number of aromatic amines is 1. The standard InChI is InChI=1S/C19H16ClFN6O3S/c1-2-30-19-15-16(22)25-26-18(15)23-17(24-19)10-3-6-12(7-4-10)27-31(28,29)14-9-11(20)5-8-13(14)21/h3-9,27H,2H2,1H3,(H3,22,23,24,25,26). The molecule has 0 amide bonds. The second-order valence-corrected chi connectivity index (χ2v) is 8.46. The van der Waals surface area contributed by atoms with Crippen LogP contribution < -0.4 is 15.2 Å². The van der Waals surface area contributed by atoms with E-state index >= 15 is 0 Å². The Hall–Kier alpha value is -3.44. The largest absolute Gasteiger partial charge is 0.477 e. The van der Waals surface area contributed by atoms with Crippen molar-refractivity contribution in [3.63, 3.8) is 0 Å². The normalized spacial score (nSPS) is 11.6. The van der Waals surface area contributed by atoms with Crippen LogP contribution in [0.5, 0.6) is 5.88 Å². The van der Waals surface area contributed by atoms with Crippen molar-refractivity contribution in [2.75, 3.05) is 17.1 Å². The Morgan fingerprint density at radius 2 is 1.94 bits per heavy atom. The number of aromatic nitrogens is 4. The summed E-state index contributed by atoms with van der Waals surface area (Å²) in [5.41, 5.74) is 7.06. The first-order valence-corrected chi connectivity index (χ1v) is 10.9. The molecule has 0 radical (unpaired) electrons. The van der Waals surface area contributed by atoms with Gasteiger partial charge in [0.1, 0.15) is 16.1 Å². The highest BCUT2D eigenvalue weighted by molar-refractivity contribution is 7.92. The number of H-pyrrole nitrogens is 1. The number of nitrogens with one attached hydrogen (secondary N) is 2. The maximum absolute atomic E-state index is 14.0. The zero-order valence-corrected chi connectivity index (χ0v) is 17.6. The molecule has 0 unspecified atom stereocenters. The molecule has 0 bridgehead atoms. The van der Waals surface area contributed by atoms with Crippen molar-refractivity contribution in [3.8, 4) is 17.3 Å². The van der Waals surface area contributed by atoms with E-state index in [0.29, 0.717) is 29.0 Å². The van der Waals surface area contributed by atoms with Crippen molar-refractivity contribution in [2.45, 2.75) is 11.8 Å². The van der Waals surface area contributed by atoms with Crippen LogP contribution in [-0.2, 0) is 10.0 Å². The molecule has 0 aliphatic carbocycles. The van der Waals surface area contributed by atoms with Crippen LogP contribution >= 0.6 is 11.6 Å². The van der Waals surface area contributed by atoms with Crippen molar-refractivity contribution < 1.29 is 17.5 Å². The molecule has 0 fully saturated rings. The maximum Gasteiger partial charge on any atom is 0.264 e.